The number of amides is 1. The maximum Gasteiger partial charge on any atom is 0.255 e. The normalized spacial score (nSPS) is 13.4. The third kappa shape index (κ3) is 4.43. The number of carbonyl (C=O) groups is 1. The lowest BCUT2D eigenvalue weighted by Crippen LogP contribution is -2.17. The van der Waals surface area contributed by atoms with Crippen LogP contribution in [0.1, 0.15) is 23.2 Å². The number of carbonyl (C=O) groups excluding carboxylic acids is 1. The van der Waals surface area contributed by atoms with E-state index in [1.54, 1.807) is 30.5 Å². The fraction of sp³-hybridized carbons (Fsp3) is 0.182. The van der Waals surface area contributed by atoms with E-state index in [1.165, 1.54) is 18.5 Å². The summed E-state index contributed by atoms with van der Waals surface area (Å²) in [5.41, 5.74) is 3.32. The average Bonchev–Trinajstić information content (AvgIpc) is 3.24. The Morgan fingerprint density at radius 1 is 0.964 bits per heavy atom. The molecule has 1 amide bonds. The van der Waals surface area contributed by atoms with Crippen LogP contribution in [0.3, 0.4) is 0 Å². The quantitative estimate of drug-likeness (QED) is 0.616. The monoisotopic (exact) mass is 392 g/mol. The number of hydrogen-bond donors (Lipinski definition) is 2. The van der Waals surface area contributed by atoms with Gasteiger partial charge in [0.25, 0.3) is 5.91 Å². The molecule has 0 aliphatic carbocycles. The van der Waals surface area contributed by atoms with Crippen LogP contribution in [0.5, 0.6) is 0 Å². The summed E-state index contributed by atoms with van der Waals surface area (Å²) in [5, 5.41) is 6.74. The molecule has 2 aromatic carbocycles. The first-order valence-corrected chi connectivity index (χ1v) is 9.70. The van der Waals surface area contributed by atoms with Crippen molar-refractivity contribution in [1.29, 1.82) is 0 Å². The van der Waals surface area contributed by atoms with Crippen molar-refractivity contribution in [1.82, 2.24) is 4.98 Å². The Labute approximate surface area is 169 Å². The number of rotatable bonds is 5. The van der Waals surface area contributed by atoms with Gasteiger partial charge in [-0.1, -0.05) is 17.7 Å². The second kappa shape index (κ2) is 8.31. The average molecular weight is 393 g/mol. The highest BCUT2D eigenvalue weighted by Gasteiger charge is 2.12. The summed E-state index contributed by atoms with van der Waals surface area (Å²) in [6.45, 7) is 2.20. The molecule has 28 heavy (non-hydrogen) atoms. The first kappa shape index (κ1) is 18.3. The first-order chi connectivity index (χ1) is 13.7. The smallest absolute Gasteiger partial charge is 0.255 e. The van der Waals surface area contributed by atoms with Crippen LogP contribution in [0.4, 0.5) is 22.9 Å². The van der Waals surface area contributed by atoms with E-state index in [-0.39, 0.29) is 5.91 Å². The molecule has 0 atom stereocenters. The first-order valence-electron chi connectivity index (χ1n) is 9.32. The van der Waals surface area contributed by atoms with Crippen LogP contribution in [0.25, 0.3) is 0 Å². The van der Waals surface area contributed by atoms with Gasteiger partial charge in [0.05, 0.1) is 0 Å². The minimum atomic E-state index is -0.175. The van der Waals surface area contributed by atoms with E-state index in [1.807, 2.05) is 24.3 Å². The molecule has 0 bridgehead atoms. The molecule has 0 radical (unpaired) electrons. The van der Waals surface area contributed by atoms with Crippen molar-refractivity contribution >= 4 is 40.4 Å². The van der Waals surface area contributed by atoms with Gasteiger partial charge in [-0.25, -0.2) is 4.98 Å². The molecule has 1 saturated heterocycles. The minimum Gasteiger partial charge on any atom is -0.372 e. The number of halogens is 1. The Bertz CT molecular complexity index is 968. The van der Waals surface area contributed by atoms with Crippen molar-refractivity contribution in [3.8, 4) is 0 Å². The summed E-state index contributed by atoms with van der Waals surface area (Å²) in [6, 6.07) is 18.8. The van der Waals surface area contributed by atoms with Crippen LogP contribution in [0, 0.1) is 0 Å². The summed E-state index contributed by atoms with van der Waals surface area (Å²) >= 11 is 6.01. The molecule has 5 nitrogen and oxygen atoms in total. The Kier molecular flexibility index (Phi) is 5.44. The zero-order valence-corrected chi connectivity index (χ0v) is 16.1. The van der Waals surface area contributed by atoms with E-state index in [9.17, 15) is 4.79 Å². The number of aromatic nitrogens is 1. The van der Waals surface area contributed by atoms with Gasteiger partial charge in [-0.15, -0.1) is 0 Å². The maximum absolute atomic E-state index is 12.6. The van der Waals surface area contributed by atoms with Gasteiger partial charge in [-0.2, -0.15) is 0 Å². The second-order valence-electron chi connectivity index (χ2n) is 6.76. The molecule has 2 heterocycles. The summed E-state index contributed by atoms with van der Waals surface area (Å²) < 4.78 is 0. The zero-order valence-electron chi connectivity index (χ0n) is 15.4. The molecule has 142 valence electrons. The highest BCUT2D eigenvalue weighted by atomic mass is 35.5. The van der Waals surface area contributed by atoms with E-state index >= 15 is 0 Å². The van der Waals surface area contributed by atoms with Crippen LogP contribution in [0.15, 0.2) is 66.9 Å². The molecule has 1 aliphatic heterocycles. The van der Waals surface area contributed by atoms with Crippen LogP contribution in [0.2, 0.25) is 5.02 Å². The van der Waals surface area contributed by atoms with Crippen molar-refractivity contribution in [3.05, 3.63) is 77.4 Å². The van der Waals surface area contributed by atoms with E-state index in [4.69, 9.17) is 11.6 Å². The zero-order chi connectivity index (χ0) is 19.3. The van der Waals surface area contributed by atoms with Gasteiger partial charge in [0, 0.05) is 46.9 Å². The second-order valence-corrected chi connectivity index (χ2v) is 7.20. The molecule has 0 saturated carbocycles. The van der Waals surface area contributed by atoms with Crippen LogP contribution >= 0.6 is 11.6 Å². The van der Waals surface area contributed by atoms with E-state index in [0.29, 0.717) is 16.4 Å². The molecule has 2 N–H and O–H groups in total. The van der Waals surface area contributed by atoms with Crippen molar-refractivity contribution in [2.75, 3.05) is 28.6 Å². The van der Waals surface area contributed by atoms with Crippen molar-refractivity contribution < 1.29 is 4.79 Å². The summed E-state index contributed by atoms with van der Waals surface area (Å²) in [7, 11) is 0. The van der Waals surface area contributed by atoms with Crippen molar-refractivity contribution in [3.63, 3.8) is 0 Å². The molecule has 1 aromatic heterocycles. The summed E-state index contributed by atoms with van der Waals surface area (Å²) in [6.07, 6.45) is 4.09. The molecule has 4 rings (SSSR count). The van der Waals surface area contributed by atoms with Gasteiger partial charge in [0.1, 0.15) is 5.82 Å². The molecular weight excluding hydrogens is 372 g/mol. The standard InChI is InChI=1S/C22H21ClN4O/c23-17-4-3-5-19(15-17)25-21-14-16(10-11-24-21)22(28)26-18-6-8-20(9-7-18)27-12-1-2-13-27/h3-11,14-15H,1-2,12-13H2,(H,24,25)(H,26,28). The van der Waals surface area contributed by atoms with Crippen LogP contribution in [-0.2, 0) is 0 Å². The SMILES string of the molecule is O=C(Nc1ccc(N2CCCC2)cc1)c1ccnc(Nc2cccc(Cl)c2)c1. The number of anilines is 4. The lowest BCUT2D eigenvalue weighted by molar-refractivity contribution is 0.102. The number of nitrogens with zero attached hydrogens (tertiary/aromatic N) is 2. The van der Waals surface area contributed by atoms with Gasteiger partial charge in [-0.05, 0) is 67.4 Å². The van der Waals surface area contributed by atoms with Gasteiger partial charge in [0.15, 0.2) is 0 Å². The highest BCUT2D eigenvalue weighted by Crippen LogP contribution is 2.23. The van der Waals surface area contributed by atoms with Crippen molar-refractivity contribution in [2.24, 2.45) is 0 Å². The molecular formula is C22H21ClN4O. The Morgan fingerprint density at radius 2 is 1.75 bits per heavy atom. The number of benzene rings is 2. The van der Waals surface area contributed by atoms with Crippen molar-refractivity contribution in [2.45, 2.75) is 12.8 Å². The van der Waals surface area contributed by atoms with E-state index in [0.717, 1.165) is 24.5 Å². The van der Waals surface area contributed by atoms with Gasteiger partial charge in [0.2, 0.25) is 0 Å². The lowest BCUT2D eigenvalue weighted by atomic mass is 10.2. The fourth-order valence-electron chi connectivity index (χ4n) is 3.29. The maximum atomic E-state index is 12.6. The molecule has 3 aromatic rings. The Balaban J connectivity index is 1.43. The largest absolute Gasteiger partial charge is 0.372 e. The minimum absolute atomic E-state index is 0.175. The van der Waals surface area contributed by atoms with E-state index in [2.05, 4.69) is 32.7 Å². The van der Waals surface area contributed by atoms with Crippen LogP contribution in [-0.4, -0.2) is 24.0 Å². The molecule has 0 spiro atoms. The number of nitrogens with one attached hydrogen (secondary N) is 2. The Morgan fingerprint density at radius 3 is 2.50 bits per heavy atom. The molecule has 6 heteroatoms. The summed E-state index contributed by atoms with van der Waals surface area (Å²) in [5.74, 6) is 0.407. The highest BCUT2D eigenvalue weighted by molar-refractivity contribution is 6.30. The van der Waals surface area contributed by atoms with Gasteiger partial charge < -0.3 is 15.5 Å². The number of pyridine rings is 1. The fourth-order valence-corrected chi connectivity index (χ4v) is 3.48. The Hall–Kier alpha value is -3.05. The molecule has 0 unspecified atom stereocenters. The third-order valence-electron chi connectivity index (χ3n) is 4.72. The predicted octanol–water partition coefficient (Wildman–Crippen LogP) is 5.33. The topological polar surface area (TPSA) is 57.3 Å². The third-order valence-corrected chi connectivity index (χ3v) is 4.95. The van der Waals surface area contributed by atoms with Gasteiger partial charge >= 0.3 is 0 Å². The van der Waals surface area contributed by atoms with Crippen LogP contribution < -0.4 is 15.5 Å². The lowest BCUT2D eigenvalue weighted by Gasteiger charge is -2.17. The molecule has 1 fully saturated rings. The number of hydrogen-bond acceptors (Lipinski definition) is 4. The van der Waals surface area contributed by atoms with E-state index < -0.39 is 0 Å². The predicted molar refractivity (Wildman–Crippen MR) is 115 cm³/mol. The van der Waals surface area contributed by atoms with Gasteiger partial charge in [-0.3, -0.25) is 4.79 Å². The molecule has 1 aliphatic rings. The summed E-state index contributed by atoms with van der Waals surface area (Å²) in [4.78, 5) is 19.2.